The molecule has 0 atom stereocenters. The third-order valence-electron chi connectivity index (χ3n) is 2.76. The first-order chi connectivity index (χ1) is 7.13. The largest absolute Gasteiger partial charge is 0.507 e. The number of aryl methyl sites for hydroxylation is 1. The smallest absolute Gasteiger partial charge is 0.126 e. The standard InChI is InChI=1S/C13H13BrO/c1-3-11-8(2)6-9-4-5-10(14)7-12(9)13(11)15/h4-7,15H,3H2,1-2H3. The van der Waals surface area contributed by atoms with Crippen LogP contribution in [0, 0.1) is 6.92 Å². The molecule has 0 bridgehead atoms. The summed E-state index contributed by atoms with van der Waals surface area (Å²) in [4.78, 5) is 0. The van der Waals surface area contributed by atoms with Crippen LogP contribution in [-0.2, 0) is 6.42 Å². The number of fused-ring (bicyclic) bond motifs is 1. The lowest BCUT2D eigenvalue weighted by Crippen LogP contribution is -1.89. The Morgan fingerprint density at radius 3 is 2.67 bits per heavy atom. The van der Waals surface area contributed by atoms with E-state index in [0.29, 0.717) is 5.75 Å². The highest BCUT2D eigenvalue weighted by atomic mass is 79.9. The Kier molecular flexibility index (Phi) is 2.70. The molecule has 15 heavy (non-hydrogen) atoms. The minimum Gasteiger partial charge on any atom is -0.507 e. The minimum atomic E-state index is 0.425. The monoisotopic (exact) mass is 264 g/mol. The van der Waals surface area contributed by atoms with Crippen molar-refractivity contribution in [1.82, 2.24) is 0 Å². The van der Waals surface area contributed by atoms with E-state index in [-0.39, 0.29) is 0 Å². The van der Waals surface area contributed by atoms with Crippen LogP contribution in [0.2, 0.25) is 0 Å². The number of hydrogen-bond donors (Lipinski definition) is 1. The van der Waals surface area contributed by atoms with E-state index in [9.17, 15) is 5.11 Å². The first-order valence-corrected chi connectivity index (χ1v) is 5.83. The van der Waals surface area contributed by atoms with E-state index < -0.39 is 0 Å². The second kappa shape index (κ2) is 3.86. The average Bonchev–Trinajstić information content (AvgIpc) is 2.20. The molecule has 1 N–H and O–H groups in total. The molecule has 2 heteroatoms. The molecule has 0 amide bonds. The van der Waals surface area contributed by atoms with Gasteiger partial charge in [-0.05, 0) is 42.0 Å². The summed E-state index contributed by atoms with van der Waals surface area (Å²) in [5.74, 6) is 0.425. The topological polar surface area (TPSA) is 20.2 Å². The maximum Gasteiger partial charge on any atom is 0.126 e. The number of aromatic hydroxyl groups is 1. The molecule has 0 aromatic heterocycles. The Balaban J connectivity index is 2.86. The van der Waals surface area contributed by atoms with Crippen LogP contribution in [0.15, 0.2) is 28.7 Å². The molecule has 0 spiro atoms. The lowest BCUT2D eigenvalue weighted by molar-refractivity contribution is 0.474. The highest BCUT2D eigenvalue weighted by Gasteiger charge is 2.08. The van der Waals surface area contributed by atoms with E-state index in [2.05, 4.69) is 28.9 Å². The van der Waals surface area contributed by atoms with E-state index >= 15 is 0 Å². The third kappa shape index (κ3) is 1.74. The quantitative estimate of drug-likeness (QED) is 0.820. The highest BCUT2D eigenvalue weighted by molar-refractivity contribution is 9.10. The molecular weight excluding hydrogens is 252 g/mol. The summed E-state index contributed by atoms with van der Waals surface area (Å²) in [6, 6.07) is 8.10. The summed E-state index contributed by atoms with van der Waals surface area (Å²) in [5, 5.41) is 12.1. The van der Waals surface area contributed by atoms with Gasteiger partial charge in [-0.1, -0.05) is 35.0 Å². The van der Waals surface area contributed by atoms with Crippen LogP contribution in [0.1, 0.15) is 18.1 Å². The van der Waals surface area contributed by atoms with Gasteiger partial charge in [0.25, 0.3) is 0 Å². The molecule has 0 unspecified atom stereocenters. The van der Waals surface area contributed by atoms with Crippen LogP contribution in [0.4, 0.5) is 0 Å². The van der Waals surface area contributed by atoms with Gasteiger partial charge in [0.2, 0.25) is 0 Å². The zero-order chi connectivity index (χ0) is 11.0. The summed E-state index contributed by atoms with van der Waals surface area (Å²) in [6.45, 7) is 4.10. The zero-order valence-corrected chi connectivity index (χ0v) is 10.4. The molecule has 0 fully saturated rings. The molecule has 2 aromatic rings. The molecular formula is C13H13BrO. The number of benzene rings is 2. The van der Waals surface area contributed by atoms with Crippen LogP contribution in [0.3, 0.4) is 0 Å². The summed E-state index contributed by atoms with van der Waals surface area (Å²) in [7, 11) is 0. The van der Waals surface area contributed by atoms with Gasteiger partial charge in [0.15, 0.2) is 0 Å². The lowest BCUT2D eigenvalue weighted by atomic mass is 9.99. The average molecular weight is 265 g/mol. The number of phenolic OH excluding ortho intramolecular Hbond substituents is 1. The SMILES string of the molecule is CCc1c(C)cc2ccc(Br)cc2c1O. The fraction of sp³-hybridized carbons (Fsp3) is 0.231. The van der Waals surface area contributed by atoms with E-state index in [1.165, 1.54) is 0 Å². The van der Waals surface area contributed by atoms with Gasteiger partial charge in [0.05, 0.1) is 0 Å². The van der Waals surface area contributed by atoms with Crippen LogP contribution in [0.5, 0.6) is 5.75 Å². The fourth-order valence-corrected chi connectivity index (χ4v) is 2.34. The van der Waals surface area contributed by atoms with Crippen molar-refractivity contribution in [3.63, 3.8) is 0 Å². The predicted octanol–water partition coefficient (Wildman–Crippen LogP) is 4.18. The molecule has 0 heterocycles. The van der Waals surface area contributed by atoms with E-state index in [0.717, 1.165) is 32.8 Å². The second-order valence-corrected chi connectivity index (χ2v) is 4.66. The van der Waals surface area contributed by atoms with Crippen LogP contribution in [-0.4, -0.2) is 5.11 Å². The van der Waals surface area contributed by atoms with Crippen molar-refractivity contribution in [2.75, 3.05) is 0 Å². The van der Waals surface area contributed by atoms with Gasteiger partial charge in [-0.2, -0.15) is 0 Å². The molecule has 0 aliphatic carbocycles. The summed E-state index contributed by atoms with van der Waals surface area (Å²) in [6.07, 6.45) is 0.861. The van der Waals surface area contributed by atoms with Crippen LogP contribution < -0.4 is 0 Å². The third-order valence-corrected chi connectivity index (χ3v) is 3.25. The Morgan fingerprint density at radius 2 is 2.00 bits per heavy atom. The number of phenols is 1. The van der Waals surface area contributed by atoms with Crippen molar-refractivity contribution in [2.24, 2.45) is 0 Å². The second-order valence-electron chi connectivity index (χ2n) is 3.74. The van der Waals surface area contributed by atoms with Gasteiger partial charge in [0.1, 0.15) is 5.75 Å². The van der Waals surface area contributed by atoms with Crippen LogP contribution in [0.25, 0.3) is 10.8 Å². The van der Waals surface area contributed by atoms with Gasteiger partial charge in [-0.3, -0.25) is 0 Å². The summed E-state index contributed by atoms with van der Waals surface area (Å²) in [5.41, 5.74) is 2.20. The van der Waals surface area contributed by atoms with E-state index in [1.807, 2.05) is 25.1 Å². The molecule has 0 saturated heterocycles. The Hall–Kier alpha value is -1.02. The lowest BCUT2D eigenvalue weighted by Gasteiger charge is -2.10. The molecule has 0 saturated carbocycles. The Labute approximate surface area is 97.9 Å². The van der Waals surface area contributed by atoms with Crippen LogP contribution >= 0.6 is 15.9 Å². The van der Waals surface area contributed by atoms with Crippen molar-refractivity contribution in [1.29, 1.82) is 0 Å². The Morgan fingerprint density at radius 1 is 1.27 bits per heavy atom. The van der Waals surface area contributed by atoms with Gasteiger partial charge < -0.3 is 5.11 Å². The predicted molar refractivity (Wildman–Crippen MR) is 67.4 cm³/mol. The highest BCUT2D eigenvalue weighted by Crippen LogP contribution is 2.33. The van der Waals surface area contributed by atoms with Gasteiger partial charge in [-0.25, -0.2) is 0 Å². The molecule has 78 valence electrons. The van der Waals surface area contributed by atoms with Crippen molar-refractivity contribution < 1.29 is 5.11 Å². The molecule has 2 aromatic carbocycles. The molecule has 0 aliphatic heterocycles. The summed E-state index contributed by atoms with van der Waals surface area (Å²) < 4.78 is 0.996. The van der Waals surface area contributed by atoms with Crippen molar-refractivity contribution >= 4 is 26.7 Å². The van der Waals surface area contributed by atoms with Gasteiger partial charge in [0, 0.05) is 9.86 Å². The first-order valence-electron chi connectivity index (χ1n) is 5.04. The Bertz CT molecular complexity index is 517. The van der Waals surface area contributed by atoms with Gasteiger partial charge >= 0.3 is 0 Å². The normalized spacial score (nSPS) is 10.9. The maximum absolute atomic E-state index is 10.1. The van der Waals surface area contributed by atoms with E-state index in [4.69, 9.17) is 0 Å². The molecule has 1 nitrogen and oxygen atoms in total. The summed E-state index contributed by atoms with van der Waals surface area (Å²) >= 11 is 3.42. The maximum atomic E-state index is 10.1. The number of rotatable bonds is 1. The minimum absolute atomic E-state index is 0.425. The van der Waals surface area contributed by atoms with Gasteiger partial charge in [-0.15, -0.1) is 0 Å². The molecule has 0 aliphatic rings. The molecule has 0 radical (unpaired) electrons. The zero-order valence-electron chi connectivity index (χ0n) is 8.84. The number of hydrogen-bond acceptors (Lipinski definition) is 1. The van der Waals surface area contributed by atoms with Crippen molar-refractivity contribution in [3.8, 4) is 5.75 Å². The first kappa shape index (κ1) is 10.5. The molecule has 2 rings (SSSR count). The van der Waals surface area contributed by atoms with Crippen molar-refractivity contribution in [2.45, 2.75) is 20.3 Å². The fourth-order valence-electron chi connectivity index (χ4n) is 1.98. The number of halogens is 1. The van der Waals surface area contributed by atoms with Crippen molar-refractivity contribution in [3.05, 3.63) is 39.9 Å². The van der Waals surface area contributed by atoms with E-state index in [1.54, 1.807) is 0 Å².